The summed E-state index contributed by atoms with van der Waals surface area (Å²) >= 11 is 0. The topological polar surface area (TPSA) is 35.2 Å². The standard InChI is InChI=1S/C24H33NO/c1-16(2)21-11-8-12-22(17(3)19-13-14-19)24(21)26-15-23(18(4)25)20-9-6-5-7-10-20/h5-12,16-19,23H,13-15,25H2,1-4H3/t17-,18+,23?/m1/s1. The molecule has 2 aromatic rings. The predicted octanol–water partition coefficient (Wildman–Crippen LogP) is 5.83. The van der Waals surface area contributed by atoms with E-state index in [-0.39, 0.29) is 12.0 Å². The minimum atomic E-state index is 0.0490. The molecule has 0 aromatic heterocycles. The van der Waals surface area contributed by atoms with Crippen LogP contribution in [0.1, 0.15) is 75.0 Å². The van der Waals surface area contributed by atoms with Crippen LogP contribution in [0.15, 0.2) is 48.5 Å². The minimum absolute atomic E-state index is 0.0490. The fourth-order valence-corrected chi connectivity index (χ4v) is 3.83. The van der Waals surface area contributed by atoms with E-state index in [2.05, 4.69) is 70.2 Å². The van der Waals surface area contributed by atoms with Crippen molar-refractivity contribution in [3.05, 3.63) is 65.2 Å². The number of rotatable bonds is 8. The van der Waals surface area contributed by atoms with E-state index in [9.17, 15) is 0 Å². The zero-order chi connectivity index (χ0) is 18.7. The molecule has 1 unspecified atom stereocenters. The minimum Gasteiger partial charge on any atom is -0.492 e. The molecule has 2 aromatic carbocycles. The van der Waals surface area contributed by atoms with Crippen molar-refractivity contribution in [2.24, 2.45) is 11.7 Å². The molecule has 2 N–H and O–H groups in total. The molecule has 0 amide bonds. The Labute approximate surface area is 158 Å². The molecule has 0 aliphatic heterocycles. The summed E-state index contributed by atoms with van der Waals surface area (Å²) in [5, 5.41) is 0. The molecule has 1 fully saturated rings. The van der Waals surface area contributed by atoms with Crippen LogP contribution in [0.5, 0.6) is 5.75 Å². The lowest BCUT2D eigenvalue weighted by Crippen LogP contribution is -2.29. The van der Waals surface area contributed by atoms with E-state index in [4.69, 9.17) is 10.5 Å². The zero-order valence-corrected chi connectivity index (χ0v) is 16.6. The average molecular weight is 352 g/mol. The third-order valence-corrected chi connectivity index (χ3v) is 5.79. The Kier molecular flexibility index (Phi) is 6.03. The first-order valence-electron chi connectivity index (χ1n) is 10.0. The summed E-state index contributed by atoms with van der Waals surface area (Å²) in [5.74, 6) is 3.12. The van der Waals surface area contributed by atoms with Gasteiger partial charge in [-0.05, 0) is 54.2 Å². The summed E-state index contributed by atoms with van der Waals surface area (Å²) in [4.78, 5) is 0. The summed E-state index contributed by atoms with van der Waals surface area (Å²) in [6.07, 6.45) is 2.69. The van der Waals surface area contributed by atoms with Gasteiger partial charge in [0.2, 0.25) is 0 Å². The van der Waals surface area contributed by atoms with E-state index in [1.165, 1.54) is 29.5 Å². The highest BCUT2D eigenvalue weighted by atomic mass is 16.5. The average Bonchev–Trinajstić information content (AvgIpc) is 3.47. The van der Waals surface area contributed by atoms with Gasteiger partial charge in [0, 0.05) is 12.0 Å². The van der Waals surface area contributed by atoms with E-state index >= 15 is 0 Å². The highest BCUT2D eigenvalue weighted by molar-refractivity contribution is 5.45. The summed E-state index contributed by atoms with van der Waals surface area (Å²) in [5.41, 5.74) is 10.2. The lowest BCUT2D eigenvalue weighted by atomic mass is 9.90. The number of para-hydroxylation sites is 1. The first kappa shape index (κ1) is 19.0. The SMILES string of the molecule is CC(C)c1cccc([C@H](C)C2CC2)c1OCC(c1ccccc1)[C@H](C)N. The van der Waals surface area contributed by atoms with E-state index in [0.717, 1.165) is 11.7 Å². The zero-order valence-electron chi connectivity index (χ0n) is 16.6. The van der Waals surface area contributed by atoms with Crippen molar-refractivity contribution in [1.29, 1.82) is 0 Å². The molecule has 1 aliphatic carbocycles. The highest BCUT2D eigenvalue weighted by Crippen LogP contribution is 2.46. The molecule has 140 valence electrons. The summed E-state index contributed by atoms with van der Waals surface area (Å²) in [6.45, 7) is 9.53. The number of nitrogens with two attached hydrogens (primary N) is 1. The van der Waals surface area contributed by atoms with Crippen LogP contribution < -0.4 is 10.5 Å². The molecule has 3 rings (SSSR count). The highest BCUT2D eigenvalue weighted by Gasteiger charge is 2.31. The van der Waals surface area contributed by atoms with E-state index < -0.39 is 0 Å². The van der Waals surface area contributed by atoms with E-state index in [0.29, 0.717) is 18.4 Å². The number of benzene rings is 2. The molecule has 0 saturated heterocycles. The number of hydrogen-bond acceptors (Lipinski definition) is 2. The lowest BCUT2D eigenvalue weighted by molar-refractivity contribution is 0.266. The second kappa shape index (κ2) is 8.26. The van der Waals surface area contributed by atoms with Gasteiger partial charge in [-0.15, -0.1) is 0 Å². The second-order valence-corrected chi connectivity index (χ2v) is 8.23. The van der Waals surface area contributed by atoms with Gasteiger partial charge in [0.25, 0.3) is 0 Å². The normalized spacial score (nSPS) is 17.8. The van der Waals surface area contributed by atoms with Crippen LogP contribution in [0.4, 0.5) is 0 Å². The quantitative estimate of drug-likeness (QED) is 0.649. The van der Waals surface area contributed by atoms with Gasteiger partial charge in [-0.1, -0.05) is 69.3 Å². The molecule has 0 heterocycles. The molecule has 2 heteroatoms. The summed E-state index contributed by atoms with van der Waals surface area (Å²) < 4.78 is 6.53. The molecular formula is C24H33NO. The van der Waals surface area contributed by atoms with Crippen LogP contribution >= 0.6 is 0 Å². The van der Waals surface area contributed by atoms with Crippen molar-refractivity contribution in [2.75, 3.05) is 6.61 Å². The van der Waals surface area contributed by atoms with Crippen LogP contribution in [0.25, 0.3) is 0 Å². The van der Waals surface area contributed by atoms with Crippen molar-refractivity contribution >= 4 is 0 Å². The maximum Gasteiger partial charge on any atom is 0.126 e. The molecule has 1 saturated carbocycles. The van der Waals surface area contributed by atoms with Crippen molar-refractivity contribution in [2.45, 2.75) is 64.3 Å². The first-order chi connectivity index (χ1) is 12.5. The van der Waals surface area contributed by atoms with E-state index in [1.807, 2.05) is 6.07 Å². The van der Waals surface area contributed by atoms with Crippen molar-refractivity contribution in [1.82, 2.24) is 0 Å². The summed E-state index contributed by atoms with van der Waals surface area (Å²) in [7, 11) is 0. The third kappa shape index (κ3) is 4.29. The first-order valence-corrected chi connectivity index (χ1v) is 10.0. The summed E-state index contributed by atoms with van der Waals surface area (Å²) in [6, 6.07) is 17.2. The molecule has 1 aliphatic rings. The fraction of sp³-hybridized carbons (Fsp3) is 0.500. The second-order valence-electron chi connectivity index (χ2n) is 8.23. The van der Waals surface area contributed by atoms with Gasteiger partial charge in [-0.3, -0.25) is 0 Å². The Bertz CT molecular complexity index is 703. The van der Waals surface area contributed by atoms with Gasteiger partial charge in [-0.25, -0.2) is 0 Å². The van der Waals surface area contributed by atoms with Crippen LogP contribution in [-0.4, -0.2) is 12.6 Å². The van der Waals surface area contributed by atoms with Crippen molar-refractivity contribution in [3.8, 4) is 5.75 Å². The van der Waals surface area contributed by atoms with Gasteiger partial charge in [0.05, 0.1) is 6.61 Å². The Balaban J connectivity index is 1.87. The monoisotopic (exact) mass is 351 g/mol. The van der Waals surface area contributed by atoms with Gasteiger partial charge >= 0.3 is 0 Å². The molecule has 26 heavy (non-hydrogen) atoms. The van der Waals surface area contributed by atoms with Crippen LogP contribution in [0.3, 0.4) is 0 Å². The fourth-order valence-electron chi connectivity index (χ4n) is 3.83. The van der Waals surface area contributed by atoms with E-state index in [1.54, 1.807) is 0 Å². The molecule has 2 nitrogen and oxygen atoms in total. The molecule has 0 spiro atoms. The maximum atomic E-state index is 6.53. The Morgan fingerprint density at radius 2 is 1.58 bits per heavy atom. The van der Waals surface area contributed by atoms with Crippen molar-refractivity contribution < 1.29 is 4.74 Å². The molecule has 0 radical (unpaired) electrons. The Morgan fingerprint density at radius 1 is 0.923 bits per heavy atom. The van der Waals surface area contributed by atoms with Gasteiger partial charge < -0.3 is 10.5 Å². The van der Waals surface area contributed by atoms with Crippen molar-refractivity contribution in [3.63, 3.8) is 0 Å². The number of ether oxygens (including phenoxy) is 1. The van der Waals surface area contributed by atoms with Gasteiger partial charge in [0.15, 0.2) is 0 Å². The predicted molar refractivity (Wildman–Crippen MR) is 110 cm³/mol. The maximum absolute atomic E-state index is 6.53. The third-order valence-electron chi connectivity index (χ3n) is 5.79. The Hall–Kier alpha value is -1.80. The smallest absolute Gasteiger partial charge is 0.126 e. The number of hydrogen-bond donors (Lipinski definition) is 1. The van der Waals surface area contributed by atoms with Gasteiger partial charge in [0.1, 0.15) is 5.75 Å². The van der Waals surface area contributed by atoms with Crippen LogP contribution in [0.2, 0.25) is 0 Å². The Morgan fingerprint density at radius 3 is 2.15 bits per heavy atom. The molecule has 3 atom stereocenters. The molecule has 0 bridgehead atoms. The lowest BCUT2D eigenvalue weighted by Gasteiger charge is -2.26. The van der Waals surface area contributed by atoms with Crippen LogP contribution in [-0.2, 0) is 0 Å². The van der Waals surface area contributed by atoms with Gasteiger partial charge in [-0.2, -0.15) is 0 Å². The largest absolute Gasteiger partial charge is 0.492 e. The van der Waals surface area contributed by atoms with Crippen LogP contribution in [0, 0.1) is 5.92 Å². The molecular weight excluding hydrogens is 318 g/mol.